The summed E-state index contributed by atoms with van der Waals surface area (Å²) in [6.07, 6.45) is 3.66. The van der Waals surface area contributed by atoms with Gasteiger partial charge in [-0.1, -0.05) is 12.1 Å². The van der Waals surface area contributed by atoms with E-state index >= 15 is 0 Å². The molecule has 0 bridgehead atoms. The fourth-order valence-corrected chi connectivity index (χ4v) is 5.04. The second-order valence-corrected chi connectivity index (χ2v) is 9.33. The standard InChI is InChI=1S/C21H32N4S2/c1-3-22-21(24(2)12-10-19-8-5-13-26-19)23-15-18-7-4-11-25(16-18)17-20-9-6-14-27-20/h5-6,8-9,13-14,18H,3-4,7,10-12,15-17H2,1-2H3,(H,22,23). The normalized spacial score (nSPS) is 18.6. The average molecular weight is 405 g/mol. The maximum absolute atomic E-state index is 4.98. The lowest BCUT2D eigenvalue weighted by molar-refractivity contribution is 0.172. The van der Waals surface area contributed by atoms with Gasteiger partial charge >= 0.3 is 0 Å². The monoisotopic (exact) mass is 404 g/mol. The van der Waals surface area contributed by atoms with Gasteiger partial charge in [-0.05, 0) is 61.5 Å². The maximum Gasteiger partial charge on any atom is 0.193 e. The highest BCUT2D eigenvalue weighted by atomic mass is 32.1. The Morgan fingerprint density at radius 2 is 2.04 bits per heavy atom. The van der Waals surface area contributed by atoms with Crippen molar-refractivity contribution in [2.45, 2.75) is 32.7 Å². The molecule has 1 aliphatic rings. The minimum absolute atomic E-state index is 0.665. The van der Waals surface area contributed by atoms with Gasteiger partial charge in [0.15, 0.2) is 5.96 Å². The lowest BCUT2D eigenvalue weighted by Crippen LogP contribution is -2.41. The Kier molecular flexibility index (Phi) is 8.17. The van der Waals surface area contributed by atoms with Crippen molar-refractivity contribution in [3.63, 3.8) is 0 Å². The number of nitrogens with one attached hydrogen (secondary N) is 1. The fourth-order valence-electron chi connectivity index (χ4n) is 3.59. The van der Waals surface area contributed by atoms with Gasteiger partial charge in [0.1, 0.15) is 0 Å². The van der Waals surface area contributed by atoms with Crippen LogP contribution in [0, 0.1) is 5.92 Å². The summed E-state index contributed by atoms with van der Waals surface area (Å²) in [4.78, 5) is 12.8. The number of aliphatic imine (C=N–C) groups is 1. The molecule has 148 valence electrons. The van der Waals surface area contributed by atoms with E-state index < -0.39 is 0 Å². The van der Waals surface area contributed by atoms with Crippen molar-refractivity contribution in [1.82, 2.24) is 15.1 Å². The summed E-state index contributed by atoms with van der Waals surface area (Å²) in [7, 11) is 2.15. The Morgan fingerprint density at radius 3 is 2.74 bits per heavy atom. The first-order valence-corrected chi connectivity index (χ1v) is 11.8. The third-order valence-corrected chi connectivity index (χ3v) is 6.83. The van der Waals surface area contributed by atoms with Crippen molar-refractivity contribution >= 4 is 28.6 Å². The van der Waals surface area contributed by atoms with Gasteiger partial charge in [-0.3, -0.25) is 9.89 Å². The number of thiophene rings is 2. The molecule has 3 heterocycles. The molecule has 6 heteroatoms. The van der Waals surface area contributed by atoms with Crippen molar-refractivity contribution < 1.29 is 0 Å². The molecule has 1 unspecified atom stereocenters. The van der Waals surface area contributed by atoms with Crippen LogP contribution in [0.1, 0.15) is 29.5 Å². The number of guanidine groups is 1. The number of likely N-dealkylation sites (tertiary alicyclic amines) is 1. The Balaban J connectivity index is 1.50. The number of rotatable bonds is 8. The second kappa shape index (κ2) is 10.8. The fraction of sp³-hybridized carbons (Fsp3) is 0.571. The zero-order valence-corrected chi connectivity index (χ0v) is 18.2. The van der Waals surface area contributed by atoms with Gasteiger partial charge < -0.3 is 10.2 Å². The summed E-state index contributed by atoms with van der Waals surface area (Å²) in [5, 5.41) is 7.80. The highest BCUT2D eigenvalue weighted by Crippen LogP contribution is 2.20. The summed E-state index contributed by atoms with van der Waals surface area (Å²) >= 11 is 3.70. The van der Waals surface area contributed by atoms with Crippen LogP contribution in [-0.4, -0.2) is 55.5 Å². The molecule has 3 rings (SSSR count). The zero-order valence-electron chi connectivity index (χ0n) is 16.6. The summed E-state index contributed by atoms with van der Waals surface area (Å²) in [6, 6.07) is 8.75. The van der Waals surface area contributed by atoms with E-state index in [0.717, 1.165) is 38.6 Å². The van der Waals surface area contributed by atoms with E-state index in [1.165, 1.54) is 35.7 Å². The molecule has 0 aliphatic carbocycles. The van der Waals surface area contributed by atoms with Gasteiger partial charge in [0.2, 0.25) is 0 Å². The highest BCUT2D eigenvalue weighted by Gasteiger charge is 2.20. The Labute approximate surface area is 171 Å². The van der Waals surface area contributed by atoms with Crippen LogP contribution in [0.2, 0.25) is 0 Å². The molecular weight excluding hydrogens is 372 g/mol. The van der Waals surface area contributed by atoms with E-state index in [9.17, 15) is 0 Å². The number of hydrogen-bond donors (Lipinski definition) is 1. The number of nitrogens with zero attached hydrogens (tertiary/aromatic N) is 3. The van der Waals surface area contributed by atoms with Crippen LogP contribution in [0.4, 0.5) is 0 Å². The first kappa shape index (κ1) is 20.4. The molecule has 1 fully saturated rings. The zero-order chi connectivity index (χ0) is 18.9. The largest absolute Gasteiger partial charge is 0.357 e. The molecule has 0 radical (unpaired) electrons. The SMILES string of the molecule is CCNC(=NCC1CCCN(Cc2cccs2)C1)N(C)CCc1cccs1. The van der Waals surface area contributed by atoms with Crippen LogP contribution in [0.3, 0.4) is 0 Å². The molecule has 4 nitrogen and oxygen atoms in total. The molecule has 2 aromatic rings. The highest BCUT2D eigenvalue weighted by molar-refractivity contribution is 7.10. The minimum Gasteiger partial charge on any atom is -0.357 e. The van der Waals surface area contributed by atoms with Crippen LogP contribution in [0.5, 0.6) is 0 Å². The van der Waals surface area contributed by atoms with Crippen molar-refractivity contribution in [3.05, 3.63) is 44.8 Å². The third-order valence-electron chi connectivity index (χ3n) is 5.03. The third kappa shape index (κ3) is 6.63. The van der Waals surface area contributed by atoms with E-state index in [-0.39, 0.29) is 0 Å². The van der Waals surface area contributed by atoms with Gasteiger partial charge in [-0.15, -0.1) is 22.7 Å². The molecule has 27 heavy (non-hydrogen) atoms. The smallest absolute Gasteiger partial charge is 0.193 e. The van der Waals surface area contributed by atoms with Crippen molar-refractivity contribution in [3.8, 4) is 0 Å². The van der Waals surface area contributed by atoms with Crippen molar-refractivity contribution in [1.29, 1.82) is 0 Å². The van der Waals surface area contributed by atoms with Crippen molar-refractivity contribution in [2.75, 3.05) is 39.8 Å². The summed E-state index contributed by atoms with van der Waals surface area (Å²) in [6.45, 7) is 8.47. The first-order chi connectivity index (χ1) is 13.2. The van der Waals surface area contributed by atoms with E-state index in [1.807, 2.05) is 22.7 Å². The molecule has 1 aliphatic heterocycles. The van der Waals surface area contributed by atoms with Crippen molar-refractivity contribution in [2.24, 2.45) is 10.9 Å². The van der Waals surface area contributed by atoms with Crippen LogP contribution in [0.15, 0.2) is 40.0 Å². The van der Waals surface area contributed by atoms with Crippen LogP contribution in [-0.2, 0) is 13.0 Å². The molecule has 0 spiro atoms. The molecular formula is C21H32N4S2. The van der Waals surface area contributed by atoms with Gasteiger partial charge in [0.25, 0.3) is 0 Å². The predicted molar refractivity (Wildman–Crippen MR) is 119 cm³/mol. The molecule has 1 saturated heterocycles. The molecule has 0 aromatic carbocycles. The van der Waals surface area contributed by atoms with Crippen LogP contribution in [0.25, 0.3) is 0 Å². The molecule has 0 saturated carbocycles. The van der Waals surface area contributed by atoms with Gasteiger partial charge in [-0.25, -0.2) is 0 Å². The predicted octanol–water partition coefficient (Wildman–Crippen LogP) is 4.16. The molecule has 2 aromatic heterocycles. The number of likely N-dealkylation sites (N-methyl/N-ethyl adjacent to an activating group) is 1. The Bertz CT molecular complexity index is 666. The maximum atomic E-state index is 4.98. The number of piperidine rings is 1. The molecule has 1 atom stereocenters. The van der Waals surface area contributed by atoms with Crippen LogP contribution < -0.4 is 5.32 Å². The van der Waals surface area contributed by atoms with E-state index in [2.05, 4.69) is 64.1 Å². The number of hydrogen-bond acceptors (Lipinski definition) is 4. The lowest BCUT2D eigenvalue weighted by Gasteiger charge is -2.32. The quantitative estimate of drug-likeness (QED) is 0.529. The first-order valence-electron chi connectivity index (χ1n) is 10.0. The van der Waals surface area contributed by atoms with E-state index in [1.54, 1.807) is 0 Å². The average Bonchev–Trinajstić information content (AvgIpc) is 3.37. The topological polar surface area (TPSA) is 30.9 Å². The Morgan fingerprint density at radius 1 is 1.26 bits per heavy atom. The lowest BCUT2D eigenvalue weighted by atomic mass is 9.98. The molecule has 1 N–H and O–H groups in total. The van der Waals surface area contributed by atoms with E-state index in [0.29, 0.717) is 5.92 Å². The minimum atomic E-state index is 0.665. The molecule has 0 amide bonds. The van der Waals surface area contributed by atoms with E-state index in [4.69, 9.17) is 4.99 Å². The van der Waals surface area contributed by atoms with Gasteiger partial charge in [0, 0.05) is 49.5 Å². The summed E-state index contributed by atoms with van der Waals surface area (Å²) < 4.78 is 0. The van der Waals surface area contributed by atoms with Gasteiger partial charge in [-0.2, -0.15) is 0 Å². The summed E-state index contributed by atoms with van der Waals surface area (Å²) in [5.74, 6) is 1.71. The Hall–Kier alpha value is -1.37. The summed E-state index contributed by atoms with van der Waals surface area (Å²) in [5.41, 5.74) is 0. The second-order valence-electron chi connectivity index (χ2n) is 7.27. The van der Waals surface area contributed by atoms with Gasteiger partial charge in [0.05, 0.1) is 0 Å². The van der Waals surface area contributed by atoms with Crippen LogP contribution >= 0.6 is 22.7 Å².